The predicted octanol–water partition coefficient (Wildman–Crippen LogP) is 4.06. The van der Waals surface area contributed by atoms with Crippen molar-refractivity contribution in [3.8, 4) is 0 Å². The molecule has 42 heavy (non-hydrogen) atoms. The Kier molecular flexibility index (Phi) is 7.40. The van der Waals surface area contributed by atoms with Gasteiger partial charge in [-0.1, -0.05) is 6.42 Å². The molecule has 3 aliphatic carbocycles. The lowest BCUT2D eigenvalue weighted by molar-refractivity contribution is -0.205. The van der Waals surface area contributed by atoms with Crippen LogP contribution < -0.4 is 10.9 Å². The van der Waals surface area contributed by atoms with Crippen molar-refractivity contribution in [2.75, 3.05) is 53.1 Å². The summed E-state index contributed by atoms with van der Waals surface area (Å²) in [5.41, 5.74) is 5.67. The average molecular weight is 604 g/mol. The van der Waals surface area contributed by atoms with Crippen LogP contribution in [0.25, 0.3) is 0 Å². The largest absolute Gasteiger partial charge is 0.392 e. The number of piperidine rings is 1. The molecule has 0 aromatic carbocycles. The van der Waals surface area contributed by atoms with E-state index < -0.39 is 41.2 Å². The molecule has 0 aromatic rings. The first-order chi connectivity index (χ1) is 19.9. The molecule has 7 fully saturated rings. The highest BCUT2D eigenvalue weighted by Gasteiger charge is 2.64. The Bertz CT molecular complexity index is 1040. The summed E-state index contributed by atoms with van der Waals surface area (Å²) in [6.45, 7) is 2.67. The lowest BCUT2D eigenvalue weighted by Crippen LogP contribution is -2.56. The van der Waals surface area contributed by atoms with Gasteiger partial charge in [-0.25, -0.2) is 19.6 Å². The number of hydrogen-bond donors (Lipinski definition) is 2. The van der Waals surface area contributed by atoms with Crippen molar-refractivity contribution >= 4 is 5.91 Å². The lowest BCUT2D eigenvalue weighted by atomic mass is 9.64. The molecule has 1 spiro atoms. The van der Waals surface area contributed by atoms with Crippen molar-refractivity contribution in [3.05, 3.63) is 0 Å². The van der Waals surface area contributed by atoms with Crippen LogP contribution in [0.15, 0.2) is 0 Å². The molecule has 4 heterocycles. The second-order valence-electron chi connectivity index (χ2n) is 15.0. The van der Waals surface area contributed by atoms with E-state index in [-0.39, 0.29) is 49.6 Å². The second kappa shape index (κ2) is 10.5. The fraction of sp³-hybridized carbons (Fsp3) is 0.967. The number of carbonyl (C=O) groups is 1. The summed E-state index contributed by atoms with van der Waals surface area (Å²) in [4.78, 5) is 19.6. The molecule has 7 unspecified atom stereocenters. The zero-order valence-electron chi connectivity index (χ0n) is 24.6. The Hall–Kier alpha value is -1.08. The first-order valence-electron chi connectivity index (χ1n) is 16.1. The number of halogens is 5. The number of amides is 1. The van der Waals surface area contributed by atoms with E-state index in [0.29, 0.717) is 51.4 Å². The molecule has 0 aromatic heterocycles. The molecular weight excluding hydrogens is 557 g/mol. The third-order valence-corrected chi connectivity index (χ3v) is 12.6. The number of alkyl halides is 5. The van der Waals surface area contributed by atoms with Gasteiger partial charge in [-0.05, 0) is 89.1 Å². The molecule has 4 saturated heterocycles. The van der Waals surface area contributed by atoms with Gasteiger partial charge < -0.3 is 9.64 Å². The molecular formula is C30H46F5N5O2. The van der Waals surface area contributed by atoms with Gasteiger partial charge >= 0.3 is 6.18 Å². The molecule has 7 aliphatic rings. The van der Waals surface area contributed by atoms with Gasteiger partial charge in [0.25, 0.3) is 5.92 Å². The molecule has 7 rings (SSSR count). The van der Waals surface area contributed by atoms with E-state index in [9.17, 15) is 26.7 Å². The Morgan fingerprint density at radius 1 is 1.07 bits per heavy atom. The van der Waals surface area contributed by atoms with E-state index in [1.54, 1.807) is 4.90 Å². The van der Waals surface area contributed by atoms with E-state index >= 15 is 0 Å². The summed E-state index contributed by atoms with van der Waals surface area (Å²) in [7, 11) is 2.07. The van der Waals surface area contributed by atoms with Crippen molar-refractivity contribution in [1.82, 2.24) is 25.6 Å². The van der Waals surface area contributed by atoms with Gasteiger partial charge in [-0.3, -0.25) is 14.6 Å². The summed E-state index contributed by atoms with van der Waals surface area (Å²) >= 11 is 0. The highest BCUT2D eigenvalue weighted by atomic mass is 19.4. The predicted molar refractivity (Wildman–Crippen MR) is 145 cm³/mol. The van der Waals surface area contributed by atoms with E-state index in [1.807, 2.05) is 4.90 Å². The number of hydrogen-bond acceptors (Lipinski definition) is 6. The monoisotopic (exact) mass is 603 g/mol. The molecule has 238 valence electrons. The third kappa shape index (κ3) is 5.08. The van der Waals surface area contributed by atoms with Crippen LogP contribution in [0.2, 0.25) is 0 Å². The molecule has 7 atom stereocenters. The zero-order chi connectivity index (χ0) is 29.5. The SMILES string of the molecule is CN1CNNC1CC1(C2CCCC(N3CC4C(CC(CN5CCC6(CC6)C(F)(F)C5)CC4C(F)(F)F)C3=O)C2)COC1. The number of hydrazine groups is 1. The van der Waals surface area contributed by atoms with Crippen molar-refractivity contribution in [2.45, 2.75) is 88.5 Å². The topological polar surface area (TPSA) is 60.1 Å². The highest BCUT2D eigenvalue weighted by molar-refractivity contribution is 5.82. The summed E-state index contributed by atoms with van der Waals surface area (Å²) in [6.07, 6.45) is 2.18. The van der Waals surface area contributed by atoms with Gasteiger partial charge in [0, 0.05) is 35.9 Å². The van der Waals surface area contributed by atoms with Crippen LogP contribution in [-0.2, 0) is 9.53 Å². The first kappa shape index (κ1) is 29.6. The number of likely N-dealkylation sites (tertiary alicyclic amines) is 2. The molecule has 7 nitrogen and oxygen atoms in total. The summed E-state index contributed by atoms with van der Waals surface area (Å²) in [5.74, 6) is -5.92. The van der Waals surface area contributed by atoms with E-state index in [4.69, 9.17) is 4.74 Å². The molecule has 4 aliphatic heterocycles. The maximum atomic E-state index is 14.8. The van der Waals surface area contributed by atoms with Gasteiger partial charge in [0.1, 0.15) is 0 Å². The Balaban J connectivity index is 1.03. The Morgan fingerprint density at radius 2 is 1.86 bits per heavy atom. The zero-order valence-corrected chi connectivity index (χ0v) is 24.6. The Labute approximate surface area is 245 Å². The van der Waals surface area contributed by atoms with Crippen molar-refractivity contribution in [2.24, 2.45) is 40.4 Å². The number of rotatable bonds is 6. The van der Waals surface area contributed by atoms with E-state index in [2.05, 4.69) is 22.8 Å². The average Bonchev–Trinajstić information content (AvgIpc) is 3.50. The van der Waals surface area contributed by atoms with Gasteiger partial charge in [0.05, 0.1) is 38.5 Å². The number of nitrogens with zero attached hydrogens (tertiary/aromatic N) is 3. The quantitative estimate of drug-likeness (QED) is 0.447. The fourth-order valence-electron chi connectivity index (χ4n) is 9.73. The van der Waals surface area contributed by atoms with Gasteiger partial charge in [-0.15, -0.1) is 0 Å². The van der Waals surface area contributed by atoms with Crippen LogP contribution in [0.5, 0.6) is 0 Å². The highest BCUT2D eigenvalue weighted by Crippen LogP contribution is 2.61. The summed E-state index contributed by atoms with van der Waals surface area (Å²) in [5, 5.41) is 0. The second-order valence-corrected chi connectivity index (χ2v) is 15.0. The van der Waals surface area contributed by atoms with Crippen molar-refractivity contribution < 1.29 is 31.5 Å². The van der Waals surface area contributed by atoms with Crippen LogP contribution in [0, 0.1) is 40.4 Å². The normalized spacial score (nSPS) is 41.6. The minimum atomic E-state index is -4.40. The summed E-state index contributed by atoms with van der Waals surface area (Å²) in [6, 6.07) is -0.0467. The standard InChI is InChI=1S/C30H46F5N5O2/c1-38-18-36-37-25(38)12-27(16-42-17-27)20-3-2-4-21(11-20)40-14-23-22(26(40)41)9-19(10-24(23)30(33,34)35)13-39-8-7-28(5-6-28)29(31,32)15-39/h19-25,36-37H,2-18H2,1H3. The molecule has 1 amide bonds. The molecule has 12 heteroatoms. The maximum Gasteiger partial charge on any atom is 0.392 e. The first-order valence-corrected chi connectivity index (χ1v) is 16.1. The minimum absolute atomic E-state index is 0.0152. The molecule has 0 bridgehead atoms. The van der Waals surface area contributed by atoms with Crippen LogP contribution in [0.1, 0.15) is 64.2 Å². The molecule has 2 N–H and O–H groups in total. The number of fused-ring (bicyclic) bond motifs is 1. The van der Waals surface area contributed by atoms with Gasteiger partial charge in [0.2, 0.25) is 5.91 Å². The van der Waals surface area contributed by atoms with Crippen LogP contribution in [0.4, 0.5) is 22.0 Å². The number of ether oxygens (including phenoxy) is 1. The van der Waals surface area contributed by atoms with Crippen LogP contribution in [0.3, 0.4) is 0 Å². The van der Waals surface area contributed by atoms with Gasteiger partial charge in [-0.2, -0.15) is 13.2 Å². The molecule has 3 saturated carbocycles. The number of nitrogens with one attached hydrogen (secondary N) is 2. The lowest BCUT2D eigenvalue weighted by Gasteiger charge is -2.52. The smallest absolute Gasteiger partial charge is 0.380 e. The fourth-order valence-corrected chi connectivity index (χ4v) is 9.73. The maximum absolute atomic E-state index is 14.8. The third-order valence-electron chi connectivity index (χ3n) is 12.6. The van der Waals surface area contributed by atoms with Crippen LogP contribution in [-0.4, -0.2) is 98.0 Å². The number of carbonyl (C=O) groups excluding carboxylic acids is 1. The van der Waals surface area contributed by atoms with E-state index in [1.165, 1.54) is 0 Å². The molecule has 0 radical (unpaired) electrons. The Morgan fingerprint density at radius 3 is 2.48 bits per heavy atom. The van der Waals surface area contributed by atoms with Crippen molar-refractivity contribution in [1.29, 1.82) is 0 Å². The minimum Gasteiger partial charge on any atom is -0.380 e. The summed E-state index contributed by atoms with van der Waals surface area (Å²) < 4.78 is 78.8. The van der Waals surface area contributed by atoms with Crippen LogP contribution >= 0.6 is 0 Å². The van der Waals surface area contributed by atoms with Crippen molar-refractivity contribution in [3.63, 3.8) is 0 Å². The van der Waals surface area contributed by atoms with E-state index in [0.717, 1.165) is 38.8 Å². The van der Waals surface area contributed by atoms with Gasteiger partial charge in [0.15, 0.2) is 0 Å².